The molecule has 0 rings (SSSR count). The molecule has 0 amide bonds. The molecule has 0 aliphatic carbocycles. The van der Waals surface area contributed by atoms with Crippen LogP contribution in [0.2, 0.25) is 0 Å². The van der Waals surface area contributed by atoms with Crippen LogP contribution in [0.15, 0.2) is 0 Å². The zero-order valence-corrected chi connectivity index (χ0v) is 7.85. The van der Waals surface area contributed by atoms with E-state index in [0.29, 0.717) is 0 Å². The van der Waals surface area contributed by atoms with E-state index in [2.05, 4.69) is 32.0 Å². The summed E-state index contributed by atoms with van der Waals surface area (Å²) >= 11 is 0. The van der Waals surface area contributed by atoms with Crippen LogP contribution in [-0.4, -0.2) is 12.6 Å². The van der Waals surface area contributed by atoms with E-state index in [1.165, 1.54) is 6.42 Å². The molecule has 0 fully saturated rings. The number of hydrogen-bond acceptors (Lipinski definition) is 1. The van der Waals surface area contributed by atoms with Crippen molar-refractivity contribution in [3.8, 4) is 12.3 Å². The molecule has 2 atom stereocenters. The van der Waals surface area contributed by atoms with E-state index >= 15 is 0 Å². The number of rotatable bonds is 5. The van der Waals surface area contributed by atoms with Crippen LogP contribution in [0.5, 0.6) is 0 Å². The van der Waals surface area contributed by atoms with Crippen molar-refractivity contribution >= 4 is 0 Å². The fourth-order valence-electron chi connectivity index (χ4n) is 1.03. The van der Waals surface area contributed by atoms with E-state index < -0.39 is 0 Å². The molecule has 0 aromatic carbocycles. The largest absolute Gasteiger partial charge is 0.304 e. The Morgan fingerprint density at radius 3 is 2.45 bits per heavy atom. The topological polar surface area (TPSA) is 12.0 Å². The molecule has 64 valence electrons. The highest BCUT2D eigenvalue weighted by molar-refractivity contribution is 4.98. The third-order valence-electron chi connectivity index (χ3n) is 1.99. The van der Waals surface area contributed by atoms with Crippen molar-refractivity contribution < 1.29 is 0 Å². The summed E-state index contributed by atoms with van der Waals surface area (Å²) in [5.74, 6) is 3.49. The maximum atomic E-state index is 5.35. The lowest BCUT2D eigenvalue weighted by atomic mass is 10.00. The Kier molecular flexibility index (Phi) is 5.97. The number of nitrogens with one attached hydrogen (secondary N) is 1. The quantitative estimate of drug-likeness (QED) is 0.596. The molecule has 0 radical (unpaired) electrons. The van der Waals surface area contributed by atoms with Gasteiger partial charge in [0.15, 0.2) is 0 Å². The molecular weight excluding hydrogens is 134 g/mol. The summed E-state index contributed by atoms with van der Waals surface area (Å²) in [6.07, 6.45) is 7.66. The van der Waals surface area contributed by atoms with Crippen LogP contribution in [0.3, 0.4) is 0 Å². The van der Waals surface area contributed by atoms with Crippen molar-refractivity contribution in [3.63, 3.8) is 0 Å². The minimum absolute atomic E-state index is 0.273. The van der Waals surface area contributed by atoms with Crippen LogP contribution in [0, 0.1) is 18.3 Å². The smallest absolute Gasteiger partial charge is 0.0689 e. The molecule has 11 heavy (non-hydrogen) atoms. The molecule has 0 aromatic rings. The highest BCUT2D eigenvalue weighted by Gasteiger charge is 2.06. The molecule has 1 N–H and O–H groups in total. The molecule has 0 aliphatic rings. The zero-order chi connectivity index (χ0) is 8.69. The first-order valence-electron chi connectivity index (χ1n) is 4.44. The van der Waals surface area contributed by atoms with E-state index in [1.807, 2.05) is 0 Å². The van der Waals surface area contributed by atoms with Gasteiger partial charge in [0.25, 0.3) is 0 Å². The molecule has 2 unspecified atom stereocenters. The molecule has 0 bridgehead atoms. The van der Waals surface area contributed by atoms with Crippen LogP contribution >= 0.6 is 0 Å². The van der Waals surface area contributed by atoms with Gasteiger partial charge in [0, 0.05) is 0 Å². The maximum absolute atomic E-state index is 5.35. The van der Waals surface area contributed by atoms with Crippen molar-refractivity contribution in [2.75, 3.05) is 6.54 Å². The predicted octanol–water partition coefficient (Wildman–Crippen LogP) is 2.03. The predicted molar refractivity (Wildman–Crippen MR) is 50.4 cm³/mol. The van der Waals surface area contributed by atoms with Crippen molar-refractivity contribution in [3.05, 3.63) is 0 Å². The summed E-state index contributed by atoms with van der Waals surface area (Å²) in [5, 5.41) is 3.26. The van der Waals surface area contributed by atoms with Crippen molar-refractivity contribution in [1.29, 1.82) is 0 Å². The van der Waals surface area contributed by atoms with Crippen LogP contribution < -0.4 is 5.32 Å². The molecule has 0 spiro atoms. The SMILES string of the molecule is C#CC(CC(C)CC)NCC. The second kappa shape index (κ2) is 6.24. The standard InChI is InChI=1S/C10H19N/c1-5-9(4)8-10(6-2)11-7-3/h2,9-11H,5,7-8H2,1,3-4H3. The lowest BCUT2D eigenvalue weighted by molar-refractivity contribution is 0.451. The summed E-state index contributed by atoms with van der Waals surface area (Å²) in [6, 6.07) is 0.273. The lowest BCUT2D eigenvalue weighted by Gasteiger charge is -2.15. The van der Waals surface area contributed by atoms with Gasteiger partial charge in [0.2, 0.25) is 0 Å². The molecule has 0 aromatic heterocycles. The average Bonchev–Trinajstić information content (AvgIpc) is 2.03. The van der Waals surface area contributed by atoms with Gasteiger partial charge in [-0.3, -0.25) is 0 Å². The summed E-state index contributed by atoms with van der Waals surface area (Å²) in [7, 11) is 0. The van der Waals surface area contributed by atoms with Gasteiger partial charge in [-0.2, -0.15) is 0 Å². The van der Waals surface area contributed by atoms with Crippen LogP contribution in [0.1, 0.15) is 33.6 Å². The van der Waals surface area contributed by atoms with Crippen LogP contribution in [0.25, 0.3) is 0 Å². The van der Waals surface area contributed by atoms with Gasteiger partial charge in [-0.1, -0.05) is 33.1 Å². The van der Waals surface area contributed by atoms with Gasteiger partial charge in [-0.15, -0.1) is 6.42 Å². The van der Waals surface area contributed by atoms with Crippen molar-refractivity contribution in [2.24, 2.45) is 5.92 Å². The first-order chi connectivity index (χ1) is 5.24. The minimum Gasteiger partial charge on any atom is -0.304 e. The molecule has 0 saturated carbocycles. The molecule has 0 saturated heterocycles. The van der Waals surface area contributed by atoms with Crippen LogP contribution in [0.4, 0.5) is 0 Å². The van der Waals surface area contributed by atoms with Gasteiger partial charge in [-0.25, -0.2) is 0 Å². The summed E-state index contributed by atoms with van der Waals surface area (Å²) < 4.78 is 0. The average molecular weight is 153 g/mol. The Morgan fingerprint density at radius 2 is 2.09 bits per heavy atom. The second-order valence-corrected chi connectivity index (χ2v) is 3.03. The molecule has 1 nitrogen and oxygen atoms in total. The first kappa shape index (κ1) is 10.5. The molecule has 0 heterocycles. The lowest BCUT2D eigenvalue weighted by Crippen LogP contribution is -2.28. The third kappa shape index (κ3) is 4.86. The van der Waals surface area contributed by atoms with Crippen molar-refractivity contribution in [1.82, 2.24) is 5.32 Å². The third-order valence-corrected chi connectivity index (χ3v) is 1.99. The molecule has 1 heteroatoms. The van der Waals surface area contributed by atoms with Gasteiger partial charge in [0.05, 0.1) is 6.04 Å². The molecular formula is C10H19N. The number of hydrogen-bond donors (Lipinski definition) is 1. The Bertz CT molecular complexity index is 123. The van der Waals surface area contributed by atoms with E-state index in [9.17, 15) is 0 Å². The van der Waals surface area contributed by atoms with E-state index in [4.69, 9.17) is 6.42 Å². The Morgan fingerprint density at radius 1 is 1.45 bits per heavy atom. The maximum Gasteiger partial charge on any atom is 0.0689 e. The zero-order valence-electron chi connectivity index (χ0n) is 7.85. The highest BCUT2D eigenvalue weighted by atomic mass is 14.9. The fraction of sp³-hybridized carbons (Fsp3) is 0.800. The first-order valence-corrected chi connectivity index (χ1v) is 4.44. The minimum atomic E-state index is 0.273. The monoisotopic (exact) mass is 153 g/mol. The van der Waals surface area contributed by atoms with Crippen molar-refractivity contribution in [2.45, 2.75) is 39.7 Å². The van der Waals surface area contributed by atoms with Gasteiger partial charge >= 0.3 is 0 Å². The van der Waals surface area contributed by atoms with E-state index in [0.717, 1.165) is 18.9 Å². The molecule has 0 aliphatic heterocycles. The van der Waals surface area contributed by atoms with E-state index in [1.54, 1.807) is 0 Å². The normalized spacial score (nSPS) is 15.5. The Labute approximate surface area is 70.6 Å². The van der Waals surface area contributed by atoms with Gasteiger partial charge < -0.3 is 5.32 Å². The summed E-state index contributed by atoms with van der Waals surface area (Å²) in [5.41, 5.74) is 0. The fourth-order valence-corrected chi connectivity index (χ4v) is 1.03. The van der Waals surface area contributed by atoms with E-state index in [-0.39, 0.29) is 6.04 Å². The van der Waals surface area contributed by atoms with Crippen LogP contribution in [-0.2, 0) is 0 Å². The second-order valence-electron chi connectivity index (χ2n) is 3.03. The number of terminal acetylenes is 1. The Hall–Kier alpha value is -0.480. The summed E-state index contributed by atoms with van der Waals surface area (Å²) in [6.45, 7) is 7.48. The highest BCUT2D eigenvalue weighted by Crippen LogP contribution is 2.08. The summed E-state index contributed by atoms with van der Waals surface area (Å²) in [4.78, 5) is 0. The Balaban J connectivity index is 3.61. The van der Waals surface area contributed by atoms with Gasteiger partial charge in [0.1, 0.15) is 0 Å². The van der Waals surface area contributed by atoms with Gasteiger partial charge in [-0.05, 0) is 18.9 Å².